The fourth-order valence-corrected chi connectivity index (χ4v) is 2.78. The van der Waals surface area contributed by atoms with Crippen molar-refractivity contribution in [3.63, 3.8) is 0 Å². The van der Waals surface area contributed by atoms with Crippen molar-refractivity contribution in [3.05, 3.63) is 0 Å². The maximum atomic E-state index is 6.99. The molecular formula is C7H18N2OSSi. The van der Waals surface area contributed by atoms with Gasteiger partial charge in [-0.2, -0.15) is 0 Å². The first-order chi connectivity index (χ1) is 5.48. The highest BCUT2D eigenvalue weighted by Gasteiger charge is 2.19. The third-order valence-electron chi connectivity index (χ3n) is 1.73. The Labute approximate surface area is 79.7 Å². The third-order valence-corrected chi connectivity index (χ3v) is 5.20. The van der Waals surface area contributed by atoms with Gasteiger partial charge in [0.15, 0.2) is 13.5 Å². The summed E-state index contributed by atoms with van der Waals surface area (Å²) < 4.78 is 5.39. The van der Waals surface area contributed by atoms with E-state index in [1.165, 1.54) is 11.8 Å². The minimum atomic E-state index is -1.37. The zero-order chi connectivity index (χ0) is 9.61. The molecule has 72 valence electrons. The topological polar surface area (TPSA) is 59.1 Å². The first-order valence-corrected chi connectivity index (χ1v) is 8.10. The first-order valence-electron chi connectivity index (χ1n) is 4.00. The molecule has 0 aromatic heterocycles. The van der Waals surface area contributed by atoms with E-state index in [1.807, 2.05) is 0 Å². The van der Waals surface area contributed by atoms with E-state index >= 15 is 0 Å². The summed E-state index contributed by atoms with van der Waals surface area (Å²) in [5.41, 5.74) is 5.20. The van der Waals surface area contributed by atoms with Crippen molar-refractivity contribution in [1.29, 1.82) is 5.41 Å². The standard InChI is InChI=1S/C7H18N2OSSi/c1-10-12(2,3)6-4-5-11-7(8)9/h4-6H2,1-3H3,(H3,8,9). The van der Waals surface area contributed by atoms with Crippen LogP contribution in [0.1, 0.15) is 6.42 Å². The van der Waals surface area contributed by atoms with E-state index in [0.717, 1.165) is 18.2 Å². The predicted molar refractivity (Wildman–Crippen MR) is 58.3 cm³/mol. The average Bonchev–Trinajstić information content (AvgIpc) is 1.98. The molecule has 3 N–H and O–H groups in total. The van der Waals surface area contributed by atoms with E-state index in [0.29, 0.717) is 0 Å². The Morgan fingerprint density at radius 2 is 2.17 bits per heavy atom. The van der Waals surface area contributed by atoms with Gasteiger partial charge in [-0.1, -0.05) is 11.8 Å². The SMILES string of the molecule is CO[Si](C)(C)CCCSC(=N)N. The predicted octanol–water partition coefficient (Wildman–Crippen LogP) is 1.85. The van der Waals surface area contributed by atoms with E-state index in [4.69, 9.17) is 15.6 Å². The monoisotopic (exact) mass is 206 g/mol. The molecular weight excluding hydrogens is 188 g/mol. The summed E-state index contributed by atoms with van der Waals surface area (Å²) in [6.45, 7) is 4.40. The molecule has 0 saturated carbocycles. The molecule has 0 aliphatic carbocycles. The van der Waals surface area contributed by atoms with Crippen LogP contribution in [0.15, 0.2) is 0 Å². The highest BCUT2D eigenvalue weighted by molar-refractivity contribution is 8.13. The summed E-state index contributed by atoms with van der Waals surface area (Å²) >= 11 is 1.41. The molecule has 0 heterocycles. The molecule has 0 aromatic rings. The van der Waals surface area contributed by atoms with Gasteiger partial charge in [0.05, 0.1) is 0 Å². The molecule has 0 saturated heterocycles. The molecule has 0 atom stereocenters. The summed E-state index contributed by atoms with van der Waals surface area (Å²) in [6.07, 6.45) is 1.09. The van der Waals surface area contributed by atoms with Crippen molar-refractivity contribution < 1.29 is 4.43 Å². The molecule has 0 spiro atoms. The summed E-state index contributed by atoms with van der Waals surface area (Å²) in [5, 5.41) is 7.21. The lowest BCUT2D eigenvalue weighted by Gasteiger charge is -2.19. The van der Waals surface area contributed by atoms with Gasteiger partial charge in [-0.3, -0.25) is 5.41 Å². The number of hydrogen-bond donors (Lipinski definition) is 2. The number of rotatable bonds is 5. The van der Waals surface area contributed by atoms with Crippen molar-refractivity contribution in [3.8, 4) is 0 Å². The summed E-state index contributed by atoms with van der Waals surface area (Å²) in [4.78, 5) is 0. The molecule has 0 bridgehead atoms. The second-order valence-electron chi connectivity index (χ2n) is 3.28. The van der Waals surface area contributed by atoms with Crippen LogP contribution in [0.2, 0.25) is 19.1 Å². The van der Waals surface area contributed by atoms with Crippen LogP contribution in [-0.2, 0) is 4.43 Å². The largest absolute Gasteiger partial charge is 0.420 e. The van der Waals surface area contributed by atoms with E-state index < -0.39 is 8.32 Å². The summed E-state index contributed by atoms with van der Waals surface area (Å²) in [7, 11) is 0.408. The molecule has 0 fully saturated rings. The molecule has 0 unspecified atom stereocenters. The van der Waals surface area contributed by atoms with Gasteiger partial charge in [-0.15, -0.1) is 0 Å². The fraction of sp³-hybridized carbons (Fsp3) is 0.857. The molecule has 0 aliphatic heterocycles. The van der Waals surface area contributed by atoms with Crippen LogP contribution < -0.4 is 5.73 Å². The molecule has 5 heteroatoms. The molecule has 0 aromatic carbocycles. The summed E-state index contributed by atoms with van der Waals surface area (Å²) in [6, 6.07) is 1.14. The lowest BCUT2D eigenvalue weighted by molar-refractivity contribution is 0.403. The van der Waals surface area contributed by atoms with Crippen molar-refractivity contribution >= 4 is 25.2 Å². The normalized spacial score (nSPS) is 11.6. The van der Waals surface area contributed by atoms with E-state index in [2.05, 4.69) is 13.1 Å². The van der Waals surface area contributed by atoms with Crippen LogP contribution >= 0.6 is 11.8 Å². The lowest BCUT2D eigenvalue weighted by Crippen LogP contribution is -2.28. The number of nitrogens with two attached hydrogens (primary N) is 1. The smallest absolute Gasteiger partial charge is 0.186 e. The van der Waals surface area contributed by atoms with E-state index in [9.17, 15) is 0 Å². The zero-order valence-corrected chi connectivity index (χ0v) is 9.83. The van der Waals surface area contributed by atoms with Crippen LogP contribution in [0.5, 0.6) is 0 Å². The van der Waals surface area contributed by atoms with Crippen molar-refractivity contribution in [2.75, 3.05) is 12.9 Å². The third kappa shape index (κ3) is 6.69. The Bertz CT molecular complexity index is 152. The van der Waals surface area contributed by atoms with Gasteiger partial charge in [-0.05, 0) is 25.6 Å². The molecule has 3 nitrogen and oxygen atoms in total. The van der Waals surface area contributed by atoms with Crippen LogP contribution in [0.4, 0.5) is 0 Å². The minimum Gasteiger partial charge on any atom is -0.420 e. The lowest BCUT2D eigenvalue weighted by atomic mass is 10.6. The Morgan fingerprint density at radius 1 is 1.58 bits per heavy atom. The second kappa shape index (κ2) is 5.61. The van der Waals surface area contributed by atoms with E-state index in [1.54, 1.807) is 7.11 Å². The van der Waals surface area contributed by atoms with Gasteiger partial charge >= 0.3 is 0 Å². The van der Waals surface area contributed by atoms with E-state index in [-0.39, 0.29) is 5.17 Å². The van der Waals surface area contributed by atoms with Crippen molar-refractivity contribution in [1.82, 2.24) is 0 Å². The van der Waals surface area contributed by atoms with Crippen molar-refractivity contribution in [2.24, 2.45) is 5.73 Å². The van der Waals surface area contributed by atoms with Gasteiger partial charge in [0.1, 0.15) is 0 Å². The highest BCUT2D eigenvalue weighted by Crippen LogP contribution is 2.14. The number of amidine groups is 1. The molecule has 0 radical (unpaired) electrons. The van der Waals surface area contributed by atoms with Gasteiger partial charge in [-0.25, -0.2) is 0 Å². The van der Waals surface area contributed by atoms with Gasteiger partial charge < -0.3 is 10.2 Å². The Balaban J connectivity index is 3.37. The molecule has 0 amide bonds. The average molecular weight is 206 g/mol. The molecule has 0 aliphatic rings. The Kier molecular flexibility index (Phi) is 5.61. The molecule has 0 rings (SSSR count). The van der Waals surface area contributed by atoms with Crippen LogP contribution in [0, 0.1) is 5.41 Å². The first kappa shape index (κ1) is 12.0. The highest BCUT2D eigenvalue weighted by atomic mass is 32.2. The number of nitrogens with one attached hydrogen (secondary N) is 1. The zero-order valence-electron chi connectivity index (χ0n) is 8.02. The van der Waals surface area contributed by atoms with Crippen LogP contribution in [0.25, 0.3) is 0 Å². The quantitative estimate of drug-likeness (QED) is 0.312. The van der Waals surface area contributed by atoms with Gasteiger partial charge in [0.2, 0.25) is 0 Å². The minimum absolute atomic E-state index is 0.215. The van der Waals surface area contributed by atoms with Gasteiger partial charge in [0, 0.05) is 12.9 Å². The fourth-order valence-electron chi connectivity index (χ4n) is 0.782. The van der Waals surface area contributed by atoms with Crippen LogP contribution in [0.3, 0.4) is 0 Å². The van der Waals surface area contributed by atoms with Crippen LogP contribution in [-0.4, -0.2) is 26.3 Å². The number of hydrogen-bond acceptors (Lipinski definition) is 3. The maximum Gasteiger partial charge on any atom is 0.186 e. The summed E-state index contributed by atoms with van der Waals surface area (Å²) in [5.74, 6) is 0.940. The van der Waals surface area contributed by atoms with Crippen molar-refractivity contribution in [2.45, 2.75) is 25.6 Å². The number of thioether (sulfide) groups is 1. The maximum absolute atomic E-state index is 6.99. The second-order valence-corrected chi connectivity index (χ2v) is 8.84. The molecule has 12 heavy (non-hydrogen) atoms. The van der Waals surface area contributed by atoms with Gasteiger partial charge in [0.25, 0.3) is 0 Å². The Hall–Kier alpha value is -0.00312. The Morgan fingerprint density at radius 3 is 2.58 bits per heavy atom.